The minimum absolute atomic E-state index is 0.00967. The molecular formula is C25H30N3+. The molecule has 144 valence electrons. The third kappa shape index (κ3) is 2.00. The van der Waals surface area contributed by atoms with Crippen LogP contribution in [0.1, 0.15) is 57.5 Å². The van der Waals surface area contributed by atoms with E-state index >= 15 is 0 Å². The predicted octanol–water partition coefficient (Wildman–Crippen LogP) is 5.18. The summed E-state index contributed by atoms with van der Waals surface area (Å²) < 4.78 is 5.10. The van der Waals surface area contributed by atoms with E-state index in [9.17, 15) is 0 Å². The summed E-state index contributed by atoms with van der Waals surface area (Å²) in [6, 6.07) is 13.0. The highest BCUT2D eigenvalue weighted by Crippen LogP contribution is 2.51. The number of nitrogens with zero attached hydrogens (tertiary/aromatic N) is 3. The van der Waals surface area contributed by atoms with Crippen molar-refractivity contribution in [2.45, 2.75) is 71.4 Å². The van der Waals surface area contributed by atoms with Crippen LogP contribution in [0.15, 0.2) is 42.6 Å². The fourth-order valence-electron chi connectivity index (χ4n) is 5.59. The topological polar surface area (TPSA) is 21.7 Å². The van der Waals surface area contributed by atoms with Gasteiger partial charge in [-0.2, -0.15) is 0 Å². The van der Waals surface area contributed by atoms with Gasteiger partial charge in [0.05, 0.1) is 28.9 Å². The summed E-state index contributed by atoms with van der Waals surface area (Å²) in [5.74, 6) is 1.37. The van der Waals surface area contributed by atoms with Gasteiger partial charge in [-0.1, -0.05) is 44.2 Å². The van der Waals surface area contributed by atoms with Crippen molar-refractivity contribution in [2.75, 3.05) is 0 Å². The molecule has 3 aromatic rings. The smallest absolute Gasteiger partial charge is 0.251 e. The van der Waals surface area contributed by atoms with Crippen molar-refractivity contribution in [3.63, 3.8) is 0 Å². The summed E-state index contributed by atoms with van der Waals surface area (Å²) >= 11 is 0. The molecule has 4 heterocycles. The third-order valence-corrected chi connectivity index (χ3v) is 7.86. The predicted molar refractivity (Wildman–Crippen MR) is 113 cm³/mol. The van der Waals surface area contributed by atoms with Crippen LogP contribution >= 0.6 is 0 Å². The molecule has 0 amide bonds. The SMILES string of the molecule is CCC1(C)c2nc(-c3ccccc3)cc3c2-c2n(c(C)c[n+]2C1(C)CC)CC3. The Morgan fingerprint density at radius 2 is 1.86 bits per heavy atom. The summed E-state index contributed by atoms with van der Waals surface area (Å²) in [5, 5.41) is 0. The molecule has 5 rings (SSSR count). The molecule has 2 aliphatic rings. The molecule has 3 nitrogen and oxygen atoms in total. The quantitative estimate of drug-likeness (QED) is 0.581. The zero-order valence-electron chi connectivity index (χ0n) is 17.7. The van der Waals surface area contributed by atoms with Gasteiger partial charge in [-0.3, -0.25) is 4.98 Å². The van der Waals surface area contributed by atoms with Crippen LogP contribution in [0.2, 0.25) is 0 Å². The fourth-order valence-corrected chi connectivity index (χ4v) is 5.59. The minimum atomic E-state index is -0.00967. The first-order valence-corrected chi connectivity index (χ1v) is 10.7. The van der Waals surface area contributed by atoms with Gasteiger partial charge in [-0.05, 0) is 38.3 Å². The molecule has 3 heteroatoms. The number of benzene rings is 1. The van der Waals surface area contributed by atoms with Crippen LogP contribution in [0.5, 0.6) is 0 Å². The highest BCUT2D eigenvalue weighted by molar-refractivity contribution is 5.72. The lowest BCUT2D eigenvalue weighted by atomic mass is 9.62. The Morgan fingerprint density at radius 1 is 1.11 bits per heavy atom. The molecule has 0 saturated heterocycles. The van der Waals surface area contributed by atoms with Crippen molar-refractivity contribution in [1.29, 1.82) is 0 Å². The van der Waals surface area contributed by atoms with Crippen LogP contribution in [-0.4, -0.2) is 9.55 Å². The average molecular weight is 373 g/mol. The number of aryl methyl sites for hydroxylation is 2. The Labute approximate surface area is 168 Å². The molecular weight excluding hydrogens is 342 g/mol. The molecule has 0 saturated carbocycles. The zero-order valence-corrected chi connectivity index (χ0v) is 17.7. The summed E-state index contributed by atoms with van der Waals surface area (Å²) in [5.41, 5.74) is 7.86. The summed E-state index contributed by atoms with van der Waals surface area (Å²) in [6.45, 7) is 12.8. The highest BCUT2D eigenvalue weighted by Gasteiger charge is 2.57. The Hall–Kier alpha value is -2.42. The number of imidazole rings is 1. The van der Waals surface area contributed by atoms with Crippen LogP contribution in [-0.2, 0) is 23.9 Å². The van der Waals surface area contributed by atoms with Crippen LogP contribution in [0.4, 0.5) is 0 Å². The van der Waals surface area contributed by atoms with Gasteiger partial charge in [-0.25, -0.2) is 9.13 Å². The molecule has 28 heavy (non-hydrogen) atoms. The summed E-state index contributed by atoms with van der Waals surface area (Å²) in [7, 11) is 0. The van der Waals surface area contributed by atoms with Gasteiger partial charge in [0, 0.05) is 18.9 Å². The number of hydrogen-bond donors (Lipinski definition) is 0. The Balaban J connectivity index is 1.90. The van der Waals surface area contributed by atoms with Crippen molar-refractivity contribution in [1.82, 2.24) is 9.55 Å². The van der Waals surface area contributed by atoms with Gasteiger partial charge in [-0.15, -0.1) is 0 Å². The van der Waals surface area contributed by atoms with E-state index in [1.807, 2.05) is 0 Å². The number of aromatic nitrogens is 3. The molecule has 0 fully saturated rings. The molecule has 0 N–H and O–H groups in total. The van der Waals surface area contributed by atoms with Crippen LogP contribution in [0, 0.1) is 6.92 Å². The first kappa shape index (κ1) is 17.7. The van der Waals surface area contributed by atoms with Crippen molar-refractivity contribution < 1.29 is 4.57 Å². The van der Waals surface area contributed by atoms with Crippen molar-refractivity contribution in [3.05, 3.63) is 59.5 Å². The number of pyridine rings is 1. The maximum Gasteiger partial charge on any atom is 0.291 e. The van der Waals surface area contributed by atoms with E-state index in [4.69, 9.17) is 4.98 Å². The van der Waals surface area contributed by atoms with Crippen molar-refractivity contribution in [2.24, 2.45) is 0 Å². The average Bonchev–Trinajstić information content (AvgIpc) is 3.09. The lowest BCUT2D eigenvalue weighted by molar-refractivity contribution is -0.765. The first-order valence-electron chi connectivity index (χ1n) is 10.7. The largest absolute Gasteiger partial charge is 0.291 e. The summed E-state index contributed by atoms with van der Waals surface area (Å²) in [6.07, 6.45) is 5.63. The van der Waals surface area contributed by atoms with E-state index in [1.54, 1.807) is 0 Å². The van der Waals surface area contributed by atoms with Crippen LogP contribution in [0.3, 0.4) is 0 Å². The molecule has 0 bridgehead atoms. The zero-order chi connectivity index (χ0) is 19.7. The lowest BCUT2D eigenvalue weighted by Crippen LogP contribution is -2.67. The van der Waals surface area contributed by atoms with Gasteiger partial charge in [0.15, 0.2) is 0 Å². The lowest BCUT2D eigenvalue weighted by Gasteiger charge is -2.47. The fraction of sp³-hybridized carbons (Fsp3) is 0.440. The van der Waals surface area contributed by atoms with Gasteiger partial charge >= 0.3 is 0 Å². The normalized spacial score (nSPS) is 24.9. The van der Waals surface area contributed by atoms with E-state index in [-0.39, 0.29) is 11.0 Å². The van der Waals surface area contributed by atoms with E-state index in [0.29, 0.717) is 0 Å². The Morgan fingerprint density at radius 3 is 2.54 bits per heavy atom. The maximum atomic E-state index is 5.37. The minimum Gasteiger partial charge on any atom is -0.251 e. The van der Waals surface area contributed by atoms with E-state index in [0.717, 1.165) is 31.5 Å². The molecule has 0 spiro atoms. The second-order valence-corrected chi connectivity index (χ2v) is 8.94. The van der Waals surface area contributed by atoms with Gasteiger partial charge < -0.3 is 0 Å². The first-order chi connectivity index (χ1) is 13.4. The van der Waals surface area contributed by atoms with Crippen LogP contribution in [0.25, 0.3) is 22.6 Å². The molecule has 2 aliphatic heterocycles. The third-order valence-electron chi connectivity index (χ3n) is 7.86. The molecule has 2 aromatic heterocycles. The standard InChI is InChI=1S/C25H30N3/c1-6-24(4)22-21-19(15-20(26-22)18-11-9-8-10-12-18)13-14-27-17(3)16-28(23(21)27)25(24,5)7-2/h8-12,15-16H,6-7,13-14H2,1-5H3/q+1. The van der Waals surface area contributed by atoms with Gasteiger partial charge in [0.25, 0.3) is 5.82 Å². The molecule has 2 atom stereocenters. The molecule has 0 aliphatic carbocycles. The Bertz CT molecular complexity index is 1080. The van der Waals surface area contributed by atoms with E-state index < -0.39 is 0 Å². The number of hydrogen-bond acceptors (Lipinski definition) is 1. The van der Waals surface area contributed by atoms with E-state index in [2.05, 4.69) is 86.3 Å². The second kappa shape index (κ2) is 5.79. The summed E-state index contributed by atoms with van der Waals surface area (Å²) in [4.78, 5) is 5.37. The Kier molecular flexibility index (Phi) is 3.65. The second-order valence-electron chi connectivity index (χ2n) is 8.94. The van der Waals surface area contributed by atoms with Crippen molar-refractivity contribution in [3.8, 4) is 22.6 Å². The van der Waals surface area contributed by atoms with Crippen molar-refractivity contribution >= 4 is 0 Å². The number of rotatable bonds is 3. The molecule has 1 aromatic carbocycles. The van der Waals surface area contributed by atoms with Gasteiger partial charge in [0.1, 0.15) is 17.4 Å². The van der Waals surface area contributed by atoms with Crippen LogP contribution < -0.4 is 4.57 Å². The van der Waals surface area contributed by atoms with Gasteiger partial charge in [0.2, 0.25) is 0 Å². The molecule has 2 unspecified atom stereocenters. The maximum absolute atomic E-state index is 5.37. The van der Waals surface area contributed by atoms with E-state index in [1.165, 1.54) is 33.9 Å². The molecule has 0 radical (unpaired) electrons. The highest BCUT2D eigenvalue weighted by atomic mass is 15.2. The monoisotopic (exact) mass is 372 g/mol.